The molecule has 0 aliphatic heterocycles. The predicted octanol–water partition coefficient (Wildman–Crippen LogP) is 1.68. The maximum absolute atomic E-state index is 10.2. The molecule has 0 spiro atoms. The second-order valence-electron chi connectivity index (χ2n) is 7.12. The van der Waals surface area contributed by atoms with Gasteiger partial charge in [0, 0.05) is 13.1 Å². The van der Waals surface area contributed by atoms with Gasteiger partial charge in [-0.1, -0.05) is 36.0 Å². The molecular formula is C20H30N2O2. The molecule has 4 N–H and O–H groups in total. The van der Waals surface area contributed by atoms with E-state index in [-0.39, 0.29) is 12.1 Å². The van der Waals surface area contributed by atoms with E-state index in [0.717, 1.165) is 25.9 Å². The van der Waals surface area contributed by atoms with Gasteiger partial charge in [-0.2, -0.15) is 0 Å². The van der Waals surface area contributed by atoms with Crippen LogP contribution >= 0.6 is 0 Å². The Balaban J connectivity index is 1.47. The first-order valence-corrected chi connectivity index (χ1v) is 9.26. The van der Waals surface area contributed by atoms with Crippen LogP contribution in [0.5, 0.6) is 0 Å². The maximum atomic E-state index is 10.2. The van der Waals surface area contributed by atoms with Gasteiger partial charge in [0.05, 0.1) is 0 Å². The van der Waals surface area contributed by atoms with Gasteiger partial charge in [0.1, 0.15) is 18.5 Å². The molecule has 0 bridgehead atoms. The first-order valence-electron chi connectivity index (χ1n) is 9.26. The smallest absolute Gasteiger partial charge is 0.149 e. The Hall–Kier alpha value is -1.07. The van der Waals surface area contributed by atoms with Crippen LogP contribution in [0.3, 0.4) is 0 Å². The molecule has 0 aromatic rings. The number of aliphatic hydroxyl groups is 2. The van der Waals surface area contributed by atoms with Crippen molar-refractivity contribution in [2.75, 3.05) is 13.1 Å². The third-order valence-corrected chi connectivity index (χ3v) is 5.18. The molecule has 4 unspecified atom stereocenters. The molecule has 0 aromatic heterocycles. The van der Waals surface area contributed by atoms with Crippen molar-refractivity contribution in [3.05, 3.63) is 48.8 Å². The number of nitrogens with one attached hydrogen (secondary N) is 2. The zero-order valence-electron chi connectivity index (χ0n) is 14.3. The molecular weight excluding hydrogens is 300 g/mol. The van der Waals surface area contributed by atoms with E-state index in [1.54, 1.807) is 6.42 Å². The van der Waals surface area contributed by atoms with Crippen LogP contribution in [0.4, 0.5) is 0 Å². The molecule has 0 amide bonds. The number of rotatable bonds is 6. The second kappa shape index (κ2) is 8.86. The summed E-state index contributed by atoms with van der Waals surface area (Å²) in [7, 11) is 0. The maximum Gasteiger partial charge on any atom is 0.149 e. The Morgan fingerprint density at radius 2 is 1.96 bits per heavy atom. The van der Waals surface area contributed by atoms with Gasteiger partial charge < -0.3 is 10.2 Å². The summed E-state index contributed by atoms with van der Waals surface area (Å²) in [5, 5.41) is 27.3. The van der Waals surface area contributed by atoms with Crippen molar-refractivity contribution in [1.82, 2.24) is 10.6 Å². The summed E-state index contributed by atoms with van der Waals surface area (Å²) in [4.78, 5) is 0. The van der Waals surface area contributed by atoms with E-state index in [2.05, 4.69) is 41.0 Å². The fourth-order valence-electron chi connectivity index (χ4n) is 3.66. The summed E-state index contributed by atoms with van der Waals surface area (Å²) < 4.78 is 0. The quantitative estimate of drug-likeness (QED) is 0.442. The third-order valence-electron chi connectivity index (χ3n) is 5.18. The molecule has 0 radical (unpaired) electrons. The van der Waals surface area contributed by atoms with Crippen molar-refractivity contribution in [3.8, 4) is 0 Å². The number of aliphatic hydroxyl groups excluding tert-OH is 2. The Morgan fingerprint density at radius 1 is 1.12 bits per heavy atom. The highest BCUT2D eigenvalue weighted by Gasteiger charge is 2.36. The van der Waals surface area contributed by atoms with E-state index < -0.39 is 12.2 Å². The van der Waals surface area contributed by atoms with Gasteiger partial charge in [-0.3, -0.25) is 17.1 Å². The Morgan fingerprint density at radius 3 is 2.67 bits per heavy atom. The van der Waals surface area contributed by atoms with Crippen molar-refractivity contribution in [1.29, 1.82) is 0 Å². The Kier molecular flexibility index (Phi) is 6.55. The minimum atomic E-state index is -0.646. The van der Waals surface area contributed by atoms with Crippen LogP contribution < -0.4 is 10.6 Å². The lowest BCUT2D eigenvalue weighted by molar-refractivity contribution is 0.0712. The van der Waals surface area contributed by atoms with Gasteiger partial charge in [-0.15, -0.1) is 0 Å². The molecule has 4 heteroatoms. The zero-order chi connectivity index (χ0) is 16.8. The normalized spacial score (nSPS) is 36.2. The largest absolute Gasteiger partial charge is 0.419 e. The summed E-state index contributed by atoms with van der Waals surface area (Å²) in [5.41, 5.74) is 1.36. The van der Waals surface area contributed by atoms with Gasteiger partial charge in [0.2, 0.25) is 0 Å². The van der Waals surface area contributed by atoms with Crippen molar-refractivity contribution in [2.45, 2.75) is 56.4 Å². The first kappa shape index (κ1) is 17.7. The van der Waals surface area contributed by atoms with E-state index >= 15 is 0 Å². The summed E-state index contributed by atoms with van der Waals surface area (Å²) in [6.07, 6.45) is 19.2. The predicted molar refractivity (Wildman–Crippen MR) is 97.1 cm³/mol. The highest BCUT2D eigenvalue weighted by molar-refractivity contribution is 5.20. The molecule has 4 nitrogen and oxygen atoms in total. The van der Waals surface area contributed by atoms with Crippen molar-refractivity contribution in [2.24, 2.45) is 5.92 Å². The number of hydrogen-bond donors (Lipinski definition) is 4. The summed E-state index contributed by atoms with van der Waals surface area (Å²) in [6.45, 7) is 1.66. The molecule has 132 valence electrons. The van der Waals surface area contributed by atoms with Crippen LogP contribution in [-0.4, -0.2) is 47.6 Å². The minimum Gasteiger partial charge on any atom is -0.419 e. The summed E-state index contributed by atoms with van der Waals surface area (Å²) >= 11 is 0. The molecule has 0 saturated heterocycles. The van der Waals surface area contributed by atoms with Gasteiger partial charge in [-0.25, -0.2) is 0 Å². The average Bonchev–Trinajstić information content (AvgIpc) is 2.62. The lowest BCUT2D eigenvalue weighted by Gasteiger charge is -2.39. The van der Waals surface area contributed by atoms with Crippen LogP contribution in [0.15, 0.2) is 36.0 Å². The Labute approximate surface area is 145 Å². The van der Waals surface area contributed by atoms with Crippen LogP contribution in [0.2, 0.25) is 0 Å². The fraction of sp³-hybridized carbons (Fsp3) is 0.600. The number of hydrogen-bond acceptors (Lipinski definition) is 4. The fourth-order valence-corrected chi connectivity index (χ4v) is 3.66. The van der Waals surface area contributed by atoms with Crippen LogP contribution in [0.1, 0.15) is 32.1 Å². The van der Waals surface area contributed by atoms with Crippen LogP contribution in [0, 0.1) is 18.8 Å². The average molecular weight is 330 g/mol. The SMILES string of the molecule is OC1[CH-]C(O)C(NC[C@@H]2C=CCCC2)[CH+]C1NCC1=CC=CCC1. The molecule has 3 rings (SSSR count). The first-order chi connectivity index (χ1) is 11.7. The lowest BCUT2D eigenvalue weighted by Crippen LogP contribution is -2.57. The van der Waals surface area contributed by atoms with E-state index in [4.69, 9.17) is 0 Å². The highest BCUT2D eigenvalue weighted by Crippen LogP contribution is 2.21. The van der Waals surface area contributed by atoms with E-state index in [9.17, 15) is 10.2 Å². The van der Waals surface area contributed by atoms with Crippen molar-refractivity contribution >= 4 is 0 Å². The molecule has 24 heavy (non-hydrogen) atoms. The van der Waals surface area contributed by atoms with E-state index in [1.165, 1.54) is 24.8 Å². The molecule has 0 heterocycles. The molecule has 5 atom stereocenters. The van der Waals surface area contributed by atoms with E-state index in [1.807, 2.05) is 6.42 Å². The highest BCUT2D eigenvalue weighted by atomic mass is 16.3. The van der Waals surface area contributed by atoms with Crippen molar-refractivity contribution < 1.29 is 10.2 Å². The monoisotopic (exact) mass is 330 g/mol. The van der Waals surface area contributed by atoms with Crippen LogP contribution in [-0.2, 0) is 0 Å². The second-order valence-corrected chi connectivity index (χ2v) is 7.12. The summed E-state index contributed by atoms with van der Waals surface area (Å²) in [5.74, 6) is 0.553. The summed E-state index contributed by atoms with van der Waals surface area (Å²) in [6, 6.07) is -0.235. The van der Waals surface area contributed by atoms with Gasteiger partial charge in [0.25, 0.3) is 0 Å². The molecule has 1 saturated carbocycles. The molecule has 3 aliphatic rings. The molecule has 0 aromatic carbocycles. The van der Waals surface area contributed by atoms with Gasteiger partial charge >= 0.3 is 0 Å². The van der Waals surface area contributed by atoms with Crippen LogP contribution in [0.25, 0.3) is 0 Å². The van der Waals surface area contributed by atoms with Gasteiger partial charge in [0.15, 0.2) is 0 Å². The topological polar surface area (TPSA) is 64.5 Å². The van der Waals surface area contributed by atoms with E-state index in [0.29, 0.717) is 5.92 Å². The minimum absolute atomic E-state index is 0.110. The van der Waals surface area contributed by atoms with Gasteiger partial charge in [-0.05, 0) is 50.2 Å². The lowest BCUT2D eigenvalue weighted by atomic mass is 9.85. The standard InChI is InChI=1S/C20H30N2O2/c23-19-12-20(24)18(22-14-16-9-5-2-6-10-16)11-17(19)21-13-15-7-3-1-4-8-15/h1,3,5,7,9,11-12,16-24H,2,4,6,8,10,13-14H2/t16-,17?,18?,19?,20?/m1/s1. The molecule has 1 fully saturated rings. The third kappa shape index (κ3) is 4.96. The zero-order valence-corrected chi connectivity index (χ0v) is 14.3. The molecule has 3 aliphatic carbocycles. The van der Waals surface area contributed by atoms with Crippen molar-refractivity contribution in [3.63, 3.8) is 0 Å². The number of allylic oxidation sites excluding steroid dienone is 4. The Bertz CT molecular complexity index is 486.